The molecule has 0 saturated heterocycles. The van der Waals surface area contributed by atoms with Crippen LogP contribution >= 0.6 is 11.3 Å². The van der Waals surface area contributed by atoms with Crippen LogP contribution in [-0.4, -0.2) is 44.2 Å². The number of aryl methyl sites for hydroxylation is 1. The number of thiazole rings is 1. The van der Waals surface area contributed by atoms with Crippen LogP contribution in [0.1, 0.15) is 58.8 Å². The predicted molar refractivity (Wildman–Crippen MR) is 114 cm³/mol. The fourth-order valence-corrected chi connectivity index (χ4v) is 4.44. The molecule has 1 amide bonds. The average molecular weight is 475 g/mol. The van der Waals surface area contributed by atoms with Crippen LogP contribution in [0.5, 0.6) is 0 Å². The van der Waals surface area contributed by atoms with Gasteiger partial charge in [0.25, 0.3) is 5.91 Å². The quantitative estimate of drug-likeness (QED) is 0.373. The molecule has 31 heavy (non-hydrogen) atoms. The van der Waals surface area contributed by atoms with Crippen molar-refractivity contribution in [3.05, 3.63) is 40.4 Å². The van der Waals surface area contributed by atoms with Crippen LogP contribution in [0.3, 0.4) is 0 Å². The maximum Gasteiger partial charge on any atom is 0.350 e. The van der Waals surface area contributed by atoms with Gasteiger partial charge >= 0.3 is 11.7 Å². The molecule has 0 unspecified atom stereocenters. The van der Waals surface area contributed by atoms with Gasteiger partial charge in [0.1, 0.15) is 4.88 Å². The van der Waals surface area contributed by atoms with Gasteiger partial charge in [-0.15, -0.1) is 0 Å². The molecule has 0 atom stereocenters. The summed E-state index contributed by atoms with van der Waals surface area (Å²) in [6, 6.07) is 4.35. The Bertz CT molecular complexity index is 1020. The lowest BCUT2D eigenvalue weighted by molar-refractivity contribution is 0.0531. The summed E-state index contributed by atoms with van der Waals surface area (Å²) in [4.78, 5) is 30.7. The van der Waals surface area contributed by atoms with Gasteiger partial charge in [0, 0.05) is 12.1 Å². The summed E-state index contributed by atoms with van der Waals surface area (Å²) in [6.07, 6.45) is 2.48. The largest absolute Gasteiger partial charge is 0.462 e. The number of rotatable bonds is 10. The first-order valence-corrected chi connectivity index (χ1v) is 12.1. The van der Waals surface area contributed by atoms with Crippen LogP contribution in [0, 0.1) is 6.92 Å². The van der Waals surface area contributed by atoms with Gasteiger partial charge in [-0.3, -0.25) is 9.69 Å². The van der Waals surface area contributed by atoms with E-state index >= 15 is 0 Å². The molecule has 0 bridgehead atoms. The monoisotopic (exact) mass is 474 g/mol. The number of carbonyl (C=O) groups is 2. The summed E-state index contributed by atoms with van der Waals surface area (Å²) in [5, 5.41) is 0.311. The number of sulfone groups is 1. The molecule has 0 spiro atoms. The van der Waals surface area contributed by atoms with Crippen molar-refractivity contribution in [3.63, 3.8) is 0 Å². The highest BCUT2D eigenvalue weighted by Crippen LogP contribution is 2.29. The molecule has 1 aromatic carbocycles. The number of benzene rings is 1. The summed E-state index contributed by atoms with van der Waals surface area (Å²) in [7, 11) is -4.75. The number of esters is 1. The highest BCUT2D eigenvalue weighted by molar-refractivity contribution is 7.91. The van der Waals surface area contributed by atoms with Crippen molar-refractivity contribution >= 4 is 38.2 Å². The third kappa shape index (κ3) is 5.85. The number of amides is 1. The van der Waals surface area contributed by atoms with E-state index in [9.17, 15) is 26.8 Å². The predicted octanol–water partition coefficient (Wildman–Crippen LogP) is 4.46. The summed E-state index contributed by atoms with van der Waals surface area (Å²) in [6.45, 7) is 5.89. The number of alkyl halides is 2. The van der Waals surface area contributed by atoms with Gasteiger partial charge in [-0.2, -0.15) is 8.78 Å². The molecule has 2 aromatic rings. The van der Waals surface area contributed by atoms with E-state index in [0.717, 1.165) is 36.3 Å². The molecule has 0 aliphatic rings. The smallest absolute Gasteiger partial charge is 0.350 e. The number of ether oxygens (including phenoxy) is 1. The zero-order chi connectivity index (χ0) is 23.2. The third-order valence-electron chi connectivity index (χ3n) is 4.37. The average Bonchev–Trinajstić information content (AvgIpc) is 3.12. The van der Waals surface area contributed by atoms with E-state index < -0.39 is 32.4 Å². The second kappa shape index (κ2) is 10.8. The molecule has 1 aromatic heterocycles. The Morgan fingerprint density at radius 3 is 2.35 bits per heavy atom. The SMILES string of the molecule is CCCCCN(C(=O)c1ccc(S(=O)(=O)C(F)F)cc1)c1nc(C)c(C(=O)OCC)s1. The number of unbranched alkanes of at least 4 members (excludes halogenated alkanes) is 2. The minimum atomic E-state index is -4.75. The van der Waals surface area contributed by atoms with E-state index in [1.54, 1.807) is 13.8 Å². The Balaban J connectivity index is 2.37. The lowest BCUT2D eigenvalue weighted by Gasteiger charge is -2.20. The van der Waals surface area contributed by atoms with E-state index in [2.05, 4.69) is 4.98 Å². The molecule has 1 heterocycles. The van der Waals surface area contributed by atoms with Gasteiger partial charge in [-0.1, -0.05) is 31.1 Å². The number of aromatic nitrogens is 1. The van der Waals surface area contributed by atoms with Gasteiger partial charge < -0.3 is 4.74 Å². The van der Waals surface area contributed by atoms with Crippen LogP contribution < -0.4 is 4.90 Å². The number of halogens is 2. The van der Waals surface area contributed by atoms with E-state index in [1.165, 1.54) is 17.0 Å². The molecule has 0 saturated carbocycles. The Morgan fingerprint density at radius 2 is 1.81 bits per heavy atom. The van der Waals surface area contributed by atoms with Crippen molar-refractivity contribution in [2.45, 2.75) is 50.7 Å². The van der Waals surface area contributed by atoms with Crippen molar-refractivity contribution in [2.75, 3.05) is 18.1 Å². The van der Waals surface area contributed by atoms with Gasteiger partial charge in [0.2, 0.25) is 9.84 Å². The minimum Gasteiger partial charge on any atom is -0.462 e. The van der Waals surface area contributed by atoms with Crippen LogP contribution in [0.2, 0.25) is 0 Å². The molecule has 7 nitrogen and oxygen atoms in total. The lowest BCUT2D eigenvalue weighted by atomic mass is 10.2. The zero-order valence-corrected chi connectivity index (χ0v) is 19.1. The Kier molecular flexibility index (Phi) is 8.63. The summed E-state index contributed by atoms with van der Waals surface area (Å²) < 4.78 is 53.7. The number of hydrogen-bond donors (Lipinski definition) is 0. The van der Waals surface area contributed by atoms with Gasteiger partial charge in [-0.25, -0.2) is 18.2 Å². The number of hydrogen-bond acceptors (Lipinski definition) is 7. The van der Waals surface area contributed by atoms with Crippen LogP contribution in [-0.2, 0) is 14.6 Å². The molecule has 170 valence electrons. The first kappa shape index (κ1) is 24.9. The molecule has 0 aliphatic heterocycles. The zero-order valence-electron chi connectivity index (χ0n) is 17.4. The van der Waals surface area contributed by atoms with Gasteiger partial charge in [0.15, 0.2) is 5.13 Å². The van der Waals surface area contributed by atoms with Crippen LogP contribution in [0.25, 0.3) is 0 Å². The molecule has 2 rings (SSSR count). The molecule has 11 heteroatoms. The summed E-state index contributed by atoms with van der Waals surface area (Å²) in [5.41, 5.74) is 0.556. The van der Waals surface area contributed by atoms with Crippen molar-refractivity contribution in [1.29, 1.82) is 0 Å². The normalized spacial score (nSPS) is 11.5. The maximum absolute atomic E-state index is 13.1. The van der Waals surface area contributed by atoms with E-state index in [4.69, 9.17) is 4.74 Å². The van der Waals surface area contributed by atoms with Gasteiger partial charge in [0.05, 0.1) is 17.2 Å². The fraction of sp³-hybridized carbons (Fsp3) is 0.450. The molecular formula is C20H24F2N2O5S2. The minimum absolute atomic E-state index is 0.121. The standard InChI is InChI=1S/C20H24F2N2O5S2/c1-4-6-7-12-24(20-23-13(3)16(30-20)18(26)29-5-2)17(25)14-8-10-15(11-9-14)31(27,28)19(21)22/h8-11,19H,4-7,12H2,1-3H3. The second-order valence-corrected chi connectivity index (χ2v) is 9.52. The number of anilines is 1. The topological polar surface area (TPSA) is 93.6 Å². The fourth-order valence-electron chi connectivity index (χ4n) is 2.73. The van der Waals surface area contributed by atoms with E-state index in [-0.39, 0.29) is 12.2 Å². The summed E-state index contributed by atoms with van der Waals surface area (Å²) >= 11 is 1.03. The summed E-state index contributed by atoms with van der Waals surface area (Å²) in [5.74, 6) is -4.54. The molecule has 0 fully saturated rings. The molecule has 0 aliphatic carbocycles. The van der Waals surface area contributed by atoms with Crippen molar-refractivity contribution in [1.82, 2.24) is 4.98 Å². The number of carbonyl (C=O) groups excluding carboxylic acids is 2. The lowest BCUT2D eigenvalue weighted by Crippen LogP contribution is -2.32. The maximum atomic E-state index is 13.1. The molecule has 0 radical (unpaired) electrons. The molecular weight excluding hydrogens is 450 g/mol. The first-order valence-electron chi connectivity index (χ1n) is 9.72. The van der Waals surface area contributed by atoms with E-state index in [1.807, 2.05) is 6.92 Å². The van der Waals surface area contributed by atoms with E-state index in [0.29, 0.717) is 28.7 Å². The highest BCUT2D eigenvalue weighted by Gasteiger charge is 2.28. The number of nitrogens with zero attached hydrogens (tertiary/aromatic N) is 2. The third-order valence-corrected chi connectivity index (χ3v) is 6.93. The first-order chi connectivity index (χ1) is 14.6. The molecule has 0 N–H and O–H groups in total. The van der Waals surface area contributed by atoms with Gasteiger partial charge in [-0.05, 0) is 44.5 Å². The highest BCUT2D eigenvalue weighted by atomic mass is 32.2. The van der Waals surface area contributed by atoms with Crippen LogP contribution in [0.4, 0.5) is 13.9 Å². The van der Waals surface area contributed by atoms with Crippen molar-refractivity contribution in [3.8, 4) is 0 Å². The Hall–Kier alpha value is -2.40. The van der Waals surface area contributed by atoms with Crippen molar-refractivity contribution in [2.24, 2.45) is 0 Å². The van der Waals surface area contributed by atoms with Crippen LogP contribution in [0.15, 0.2) is 29.2 Å². The Morgan fingerprint density at radius 1 is 1.16 bits per heavy atom. The Labute approximate surface area is 184 Å². The second-order valence-electron chi connectivity index (χ2n) is 6.63. The van der Waals surface area contributed by atoms with Crippen molar-refractivity contribution < 1.29 is 31.5 Å².